The molecule has 0 aromatic carbocycles. The summed E-state index contributed by atoms with van der Waals surface area (Å²) in [5, 5.41) is 0. The van der Waals surface area contributed by atoms with Crippen LogP contribution in [0.4, 0.5) is 0 Å². The molecule has 0 bridgehead atoms. The first-order valence-corrected chi connectivity index (χ1v) is 5.64. The Bertz CT molecular complexity index is 221. The zero-order valence-corrected chi connectivity index (χ0v) is 9.56. The van der Waals surface area contributed by atoms with Crippen molar-refractivity contribution >= 4 is 6.29 Å². The summed E-state index contributed by atoms with van der Waals surface area (Å²) in [7, 11) is 0. The van der Waals surface area contributed by atoms with Crippen molar-refractivity contribution in [3.8, 4) is 0 Å². The minimum absolute atomic E-state index is 0.185. The Labute approximate surface area is 92.0 Å². The van der Waals surface area contributed by atoms with E-state index in [2.05, 4.69) is 18.2 Å². The lowest BCUT2D eigenvalue weighted by atomic mass is 9.93. The Kier molecular flexibility index (Phi) is 5.33. The molecule has 3 unspecified atom stereocenters. The standard InChI is InChI=1S/C13H20O2/c1-3-5-7-11-9-12(10-14)15-13(11)8-6-4-2/h3-6,10-13H,7-9H2,1-2H3. The molecule has 1 saturated heterocycles. The second-order valence-corrected chi connectivity index (χ2v) is 3.95. The summed E-state index contributed by atoms with van der Waals surface area (Å²) in [6.45, 7) is 4.03. The summed E-state index contributed by atoms with van der Waals surface area (Å²) in [5.74, 6) is 0.493. The van der Waals surface area contributed by atoms with Crippen LogP contribution < -0.4 is 0 Å². The minimum Gasteiger partial charge on any atom is -0.367 e. The monoisotopic (exact) mass is 208 g/mol. The molecule has 84 valence electrons. The third-order valence-corrected chi connectivity index (χ3v) is 2.84. The molecule has 0 aliphatic carbocycles. The lowest BCUT2D eigenvalue weighted by Gasteiger charge is -2.14. The average molecular weight is 208 g/mol. The van der Waals surface area contributed by atoms with Crippen molar-refractivity contribution < 1.29 is 9.53 Å². The van der Waals surface area contributed by atoms with Crippen LogP contribution in [0, 0.1) is 5.92 Å². The van der Waals surface area contributed by atoms with Crippen molar-refractivity contribution in [1.82, 2.24) is 0 Å². The summed E-state index contributed by atoms with van der Waals surface area (Å²) in [6, 6.07) is 0. The largest absolute Gasteiger partial charge is 0.367 e. The highest BCUT2D eigenvalue weighted by Gasteiger charge is 2.33. The van der Waals surface area contributed by atoms with E-state index >= 15 is 0 Å². The minimum atomic E-state index is -0.185. The number of aldehydes is 1. The molecule has 0 saturated carbocycles. The Morgan fingerprint density at radius 2 is 1.87 bits per heavy atom. The third kappa shape index (κ3) is 3.63. The van der Waals surface area contributed by atoms with Gasteiger partial charge in [-0.2, -0.15) is 0 Å². The summed E-state index contributed by atoms with van der Waals surface area (Å²) < 4.78 is 5.67. The molecule has 1 aliphatic rings. The van der Waals surface area contributed by atoms with Gasteiger partial charge in [0.15, 0.2) is 0 Å². The molecule has 1 heterocycles. The zero-order chi connectivity index (χ0) is 11.1. The molecule has 1 fully saturated rings. The van der Waals surface area contributed by atoms with Crippen LogP contribution in [0.3, 0.4) is 0 Å². The summed E-state index contributed by atoms with van der Waals surface area (Å²) >= 11 is 0. The number of carbonyl (C=O) groups excluding carboxylic acids is 1. The number of ether oxygens (including phenoxy) is 1. The van der Waals surface area contributed by atoms with Gasteiger partial charge in [-0.3, -0.25) is 0 Å². The molecule has 0 aromatic rings. The Hall–Kier alpha value is -0.890. The van der Waals surface area contributed by atoms with Gasteiger partial charge < -0.3 is 9.53 Å². The fourth-order valence-corrected chi connectivity index (χ4v) is 2.01. The predicted molar refractivity (Wildman–Crippen MR) is 61.7 cm³/mol. The topological polar surface area (TPSA) is 26.3 Å². The van der Waals surface area contributed by atoms with Gasteiger partial charge >= 0.3 is 0 Å². The molecule has 3 atom stereocenters. The molecular weight excluding hydrogens is 188 g/mol. The van der Waals surface area contributed by atoms with Crippen molar-refractivity contribution in [2.24, 2.45) is 5.92 Å². The maximum atomic E-state index is 10.7. The molecule has 0 aromatic heterocycles. The fraction of sp³-hybridized carbons (Fsp3) is 0.615. The van der Waals surface area contributed by atoms with Crippen LogP contribution in [-0.4, -0.2) is 18.5 Å². The SMILES string of the molecule is CC=CCC1CC(C=O)OC1CC=CC. The van der Waals surface area contributed by atoms with Gasteiger partial charge in [0.2, 0.25) is 0 Å². The second kappa shape index (κ2) is 6.57. The molecule has 2 heteroatoms. The van der Waals surface area contributed by atoms with Gasteiger partial charge in [0.25, 0.3) is 0 Å². The van der Waals surface area contributed by atoms with E-state index in [1.54, 1.807) is 0 Å². The van der Waals surface area contributed by atoms with Crippen LogP contribution in [-0.2, 0) is 9.53 Å². The van der Waals surface area contributed by atoms with Crippen molar-refractivity contribution in [1.29, 1.82) is 0 Å². The zero-order valence-electron chi connectivity index (χ0n) is 9.56. The molecule has 0 amide bonds. The summed E-state index contributed by atoms with van der Waals surface area (Å²) in [4.78, 5) is 10.7. The van der Waals surface area contributed by atoms with E-state index in [9.17, 15) is 4.79 Å². The molecule has 2 nitrogen and oxygen atoms in total. The second-order valence-electron chi connectivity index (χ2n) is 3.95. The van der Waals surface area contributed by atoms with Crippen LogP contribution in [0.2, 0.25) is 0 Å². The maximum Gasteiger partial charge on any atom is 0.148 e. The normalized spacial score (nSPS) is 31.7. The van der Waals surface area contributed by atoms with Crippen LogP contribution >= 0.6 is 0 Å². The summed E-state index contributed by atoms with van der Waals surface area (Å²) in [5.41, 5.74) is 0. The van der Waals surface area contributed by atoms with E-state index in [4.69, 9.17) is 4.74 Å². The number of rotatable bonds is 5. The molecule has 1 rings (SSSR count). The molecule has 15 heavy (non-hydrogen) atoms. The van der Waals surface area contributed by atoms with Gasteiger partial charge in [-0.05, 0) is 39.0 Å². The molecule has 0 N–H and O–H groups in total. The van der Waals surface area contributed by atoms with Crippen LogP contribution in [0.15, 0.2) is 24.3 Å². The van der Waals surface area contributed by atoms with E-state index in [-0.39, 0.29) is 12.2 Å². The molecule has 0 spiro atoms. The highest BCUT2D eigenvalue weighted by Crippen LogP contribution is 2.31. The lowest BCUT2D eigenvalue weighted by Crippen LogP contribution is -2.15. The maximum absolute atomic E-state index is 10.7. The smallest absolute Gasteiger partial charge is 0.148 e. The van der Waals surface area contributed by atoms with Gasteiger partial charge in [0, 0.05) is 0 Å². The van der Waals surface area contributed by atoms with Crippen molar-refractivity contribution in [3.63, 3.8) is 0 Å². The molecule has 1 aliphatic heterocycles. The van der Waals surface area contributed by atoms with E-state index in [1.807, 2.05) is 19.9 Å². The van der Waals surface area contributed by atoms with E-state index in [0.717, 1.165) is 25.5 Å². The van der Waals surface area contributed by atoms with Gasteiger partial charge in [0.1, 0.15) is 12.4 Å². The third-order valence-electron chi connectivity index (χ3n) is 2.84. The van der Waals surface area contributed by atoms with E-state index in [0.29, 0.717) is 5.92 Å². The van der Waals surface area contributed by atoms with Gasteiger partial charge in [-0.25, -0.2) is 0 Å². The van der Waals surface area contributed by atoms with Gasteiger partial charge in [-0.1, -0.05) is 24.3 Å². The van der Waals surface area contributed by atoms with Crippen molar-refractivity contribution in [2.45, 2.75) is 45.3 Å². The average Bonchev–Trinajstić information content (AvgIpc) is 2.66. The Balaban J connectivity index is 2.52. The first kappa shape index (κ1) is 12.2. The van der Waals surface area contributed by atoms with Crippen LogP contribution in [0.5, 0.6) is 0 Å². The molecule has 0 radical (unpaired) electrons. The van der Waals surface area contributed by atoms with Gasteiger partial charge in [0.05, 0.1) is 6.10 Å². The van der Waals surface area contributed by atoms with Crippen LogP contribution in [0.25, 0.3) is 0 Å². The Morgan fingerprint density at radius 3 is 2.47 bits per heavy atom. The number of allylic oxidation sites excluding steroid dienone is 3. The Morgan fingerprint density at radius 1 is 1.20 bits per heavy atom. The first-order chi connectivity index (χ1) is 7.31. The highest BCUT2D eigenvalue weighted by molar-refractivity contribution is 5.56. The number of carbonyl (C=O) groups is 1. The van der Waals surface area contributed by atoms with Crippen LogP contribution in [0.1, 0.15) is 33.1 Å². The quantitative estimate of drug-likeness (QED) is 0.513. The predicted octanol–water partition coefficient (Wildman–Crippen LogP) is 2.89. The fourth-order valence-electron chi connectivity index (χ4n) is 2.01. The van der Waals surface area contributed by atoms with Crippen molar-refractivity contribution in [3.05, 3.63) is 24.3 Å². The number of hydrogen-bond donors (Lipinski definition) is 0. The first-order valence-electron chi connectivity index (χ1n) is 5.64. The summed E-state index contributed by atoms with van der Waals surface area (Å²) in [6.07, 6.45) is 12.1. The lowest BCUT2D eigenvalue weighted by molar-refractivity contribution is -0.117. The number of hydrogen-bond acceptors (Lipinski definition) is 2. The van der Waals surface area contributed by atoms with E-state index in [1.165, 1.54) is 0 Å². The highest BCUT2D eigenvalue weighted by atomic mass is 16.5. The van der Waals surface area contributed by atoms with Crippen molar-refractivity contribution in [2.75, 3.05) is 0 Å². The van der Waals surface area contributed by atoms with Gasteiger partial charge in [-0.15, -0.1) is 0 Å². The molecular formula is C13H20O2. The van der Waals surface area contributed by atoms with E-state index < -0.39 is 0 Å².